The summed E-state index contributed by atoms with van der Waals surface area (Å²) in [6.07, 6.45) is 6.09. The molecule has 3 heteroatoms. The van der Waals surface area contributed by atoms with E-state index in [0.29, 0.717) is 18.6 Å². The summed E-state index contributed by atoms with van der Waals surface area (Å²) in [5.74, 6) is -0.0626. The van der Waals surface area contributed by atoms with Crippen molar-refractivity contribution in [3.63, 3.8) is 0 Å². The number of halogens is 1. The summed E-state index contributed by atoms with van der Waals surface area (Å²) in [5.41, 5.74) is 1.97. The molecule has 2 fully saturated rings. The van der Waals surface area contributed by atoms with Crippen LogP contribution in [0.4, 0.5) is 10.1 Å². The molecule has 1 aromatic carbocycles. The van der Waals surface area contributed by atoms with E-state index in [0.717, 1.165) is 24.2 Å². The Morgan fingerprint density at radius 1 is 1.32 bits per heavy atom. The predicted molar refractivity (Wildman–Crippen MR) is 76.9 cm³/mol. The Hall–Kier alpha value is -1.09. The Labute approximate surface area is 115 Å². The number of anilines is 1. The second kappa shape index (κ2) is 5.49. The van der Waals surface area contributed by atoms with Gasteiger partial charge in [0.2, 0.25) is 0 Å². The average molecular weight is 262 g/mol. The van der Waals surface area contributed by atoms with E-state index in [2.05, 4.69) is 23.2 Å². The first-order valence-corrected chi connectivity index (χ1v) is 7.57. The molecule has 19 heavy (non-hydrogen) atoms. The van der Waals surface area contributed by atoms with E-state index in [9.17, 15) is 4.39 Å². The third-order valence-corrected chi connectivity index (χ3v) is 4.40. The summed E-state index contributed by atoms with van der Waals surface area (Å²) >= 11 is 0. The molecule has 104 valence electrons. The lowest BCUT2D eigenvalue weighted by molar-refractivity contribution is 0.580. The van der Waals surface area contributed by atoms with Crippen LogP contribution in [0.1, 0.15) is 44.6 Å². The third kappa shape index (κ3) is 2.76. The van der Waals surface area contributed by atoms with E-state index in [1.165, 1.54) is 25.7 Å². The van der Waals surface area contributed by atoms with Gasteiger partial charge < -0.3 is 10.2 Å². The van der Waals surface area contributed by atoms with E-state index >= 15 is 0 Å². The summed E-state index contributed by atoms with van der Waals surface area (Å²) in [7, 11) is 0. The van der Waals surface area contributed by atoms with E-state index in [4.69, 9.17) is 0 Å². The van der Waals surface area contributed by atoms with E-state index in [1.54, 1.807) is 6.07 Å². The molecular formula is C16H23FN2. The molecule has 1 atom stereocenters. The molecule has 2 nitrogen and oxygen atoms in total. The van der Waals surface area contributed by atoms with Gasteiger partial charge in [-0.25, -0.2) is 4.39 Å². The molecule has 3 rings (SSSR count). The first-order chi connectivity index (χ1) is 9.29. The second-order valence-corrected chi connectivity index (χ2v) is 5.79. The number of rotatable bonds is 5. The van der Waals surface area contributed by atoms with Gasteiger partial charge in [-0.1, -0.05) is 13.0 Å². The molecule has 1 unspecified atom stereocenters. The Morgan fingerprint density at radius 3 is 2.89 bits per heavy atom. The van der Waals surface area contributed by atoms with Crippen molar-refractivity contribution >= 4 is 5.69 Å². The lowest BCUT2D eigenvalue weighted by Crippen LogP contribution is -2.30. The van der Waals surface area contributed by atoms with Crippen molar-refractivity contribution in [1.82, 2.24) is 5.32 Å². The molecule has 0 radical (unpaired) electrons. The van der Waals surface area contributed by atoms with Crippen molar-refractivity contribution in [2.75, 3.05) is 11.4 Å². The predicted octanol–water partition coefficient (Wildman–Crippen LogP) is 3.46. The van der Waals surface area contributed by atoms with Crippen LogP contribution in [0, 0.1) is 5.82 Å². The first kappa shape index (κ1) is 12.9. The molecule has 1 aliphatic heterocycles. The molecule has 1 saturated carbocycles. The molecular weight excluding hydrogens is 239 g/mol. The number of benzene rings is 1. The van der Waals surface area contributed by atoms with Gasteiger partial charge in [0.1, 0.15) is 5.82 Å². The van der Waals surface area contributed by atoms with Crippen LogP contribution in [0.25, 0.3) is 0 Å². The maximum absolute atomic E-state index is 14.1. The summed E-state index contributed by atoms with van der Waals surface area (Å²) in [5, 5.41) is 3.44. The van der Waals surface area contributed by atoms with Crippen LogP contribution in [0.15, 0.2) is 18.2 Å². The van der Waals surface area contributed by atoms with Crippen molar-refractivity contribution in [2.24, 2.45) is 0 Å². The van der Waals surface area contributed by atoms with Crippen LogP contribution in [-0.4, -0.2) is 18.6 Å². The van der Waals surface area contributed by atoms with Crippen molar-refractivity contribution in [3.05, 3.63) is 29.6 Å². The Morgan fingerprint density at radius 2 is 2.16 bits per heavy atom. The molecule has 1 saturated heterocycles. The van der Waals surface area contributed by atoms with E-state index in [-0.39, 0.29) is 5.82 Å². The van der Waals surface area contributed by atoms with Crippen LogP contribution in [0.3, 0.4) is 0 Å². The smallest absolute Gasteiger partial charge is 0.129 e. The third-order valence-electron chi connectivity index (χ3n) is 4.40. The molecule has 2 aliphatic rings. The monoisotopic (exact) mass is 262 g/mol. The maximum atomic E-state index is 14.1. The van der Waals surface area contributed by atoms with Crippen LogP contribution >= 0.6 is 0 Å². The lowest BCUT2D eigenvalue weighted by Gasteiger charge is -2.28. The van der Waals surface area contributed by atoms with Crippen LogP contribution in [0.5, 0.6) is 0 Å². The van der Waals surface area contributed by atoms with Crippen molar-refractivity contribution < 1.29 is 4.39 Å². The molecule has 0 bridgehead atoms. The van der Waals surface area contributed by atoms with Gasteiger partial charge in [-0.05, 0) is 44.2 Å². The maximum Gasteiger partial charge on any atom is 0.129 e. The molecule has 1 heterocycles. The second-order valence-electron chi connectivity index (χ2n) is 5.79. The number of nitrogens with one attached hydrogen (secondary N) is 1. The van der Waals surface area contributed by atoms with Gasteiger partial charge in [0.05, 0.1) is 0 Å². The number of nitrogens with zero attached hydrogens (tertiary/aromatic N) is 1. The number of hydrogen-bond acceptors (Lipinski definition) is 2. The zero-order chi connectivity index (χ0) is 13.2. The minimum Gasteiger partial charge on any atom is -0.368 e. The van der Waals surface area contributed by atoms with Gasteiger partial charge in [0, 0.05) is 36.4 Å². The summed E-state index contributed by atoms with van der Waals surface area (Å²) in [6, 6.07) is 6.72. The highest BCUT2D eigenvalue weighted by atomic mass is 19.1. The standard InChI is InChI=1S/C16H23FN2/c1-2-13-5-4-10-19(13)16-7-3-6-15(17)14(16)11-18-12-8-9-12/h3,6-7,12-13,18H,2,4-5,8-11H2,1H3. The fraction of sp³-hybridized carbons (Fsp3) is 0.625. The Balaban J connectivity index is 1.83. The van der Waals surface area contributed by atoms with Gasteiger partial charge >= 0.3 is 0 Å². The zero-order valence-electron chi connectivity index (χ0n) is 11.7. The van der Waals surface area contributed by atoms with Crippen molar-refractivity contribution in [1.29, 1.82) is 0 Å². The van der Waals surface area contributed by atoms with Crippen molar-refractivity contribution in [2.45, 2.75) is 57.7 Å². The quantitative estimate of drug-likeness (QED) is 0.874. The average Bonchev–Trinajstić information content (AvgIpc) is 3.12. The summed E-state index contributed by atoms with van der Waals surface area (Å²) < 4.78 is 14.1. The highest BCUT2D eigenvalue weighted by Crippen LogP contribution is 2.32. The lowest BCUT2D eigenvalue weighted by atomic mass is 10.1. The molecule has 1 aliphatic carbocycles. The van der Waals surface area contributed by atoms with Gasteiger partial charge in [-0.3, -0.25) is 0 Å². The molecule has 1 aromatic rings. The zero-order valence-corrected chi connectivity index (χ0v) is 11.7. The molecule has 0 aromatic heterocycles. The van der Waals surface area contributed by atoms with Gasteiger partial charge in [0.25, 0.3) is 0 Å². The molecule has 1 N–H and O–H groups in total. The van der Waals surface area contributed by atoms with Crippen molar-refractivity contribution in [3.8, 4) is 0 Å². The van der Waals surface area contributed by atoms with Crippen LogP contribution < -0.4 is 10.2 Å². The topological polar surface area (TPSA) is 15.3 Å². The minimum absolute atomic E-state index is 0.0626. The Bertz CT molecular complexity index is 442. The normalized spacial score (nSPS) is 23.1. The minimum atomic E-state index is -0.0626. The Kier molecular flexibility index (Phi) is 3.74. The fourth-order valence-corrected chi connectivity index (χ4v) is 3.10. The highest BCUT2D eigenvalue weighted by Gasteiger charge is 2.27. The summed E-state index contributed by atoms with van der Waals surface area (Å²) in [6.45, 7) is 3.96. The SMILES string of the molecule is CCC1CCCN1c1cccc(F)c1CNC1CC1. The van der Waals surface area contributed by atoms with Crippen LogP contribution in [-0.2, 0) is 6.54 Å². The number of hydrogen-bond donors (Lipinski definition) is 1. The van der Waals surface area contributed by atoms with E-state index < -0.39 is 0 Å². The van der Waals surface area contributed by atoms with Gasteiger partial charge in [-0.2, -0.15) is 0 Å². The molecule has 0 amide bonds. The molecule has 0 spiro atoms. The van der Waals surface area contributed by atoms with Crippen LogP contribution in [0.2, 0.25) is 0 Å². The fourth-order valence-electron chi connectivity index (χ4n) is 3.10. The van der Waals surface area contributed by atoms with E-state index in [1.807, 2.05) is 6.07 Å². The van der Waals surface area contributed by atoms with Gasteiger partial charge in [0.15, 0.2) is 0 Å². The summed E-state index contributed by atoms with van der Waals surface area (Å²) in [4.78, 5) is 2.41. The highest BCUT2D eigenvalue weighted by molar-refractivity contribution is 5.55. The first-order valence-electron chi connectivity index (χ1n) is 7.57. The largest absolute Gasteiger partial charge is 0.368 e. The van der Waals surface area contributed by atoms with Gasteiger partial charge in [-0.15, -0.1) is 0 Å².